The molecule has 0 amide bonds. The predicted octanol–water partition coefficient (Wildman–Crippen LogP) is 6.23. The van der Waals surface area contributed by atoms with Crippen LogP contribution in [0, 0.1) is 0 Å². The van der Waals surface area contributed by atoms with Gasteiger partial charge in [-0.1, -0.05) is 72.8 Å². The fraction of sp³-hybridized carbons (Fsp3) is 0.0357. The van der Waals surface area contributed by atoms with Crippen LogP contribution in [-0.4, -0.2) is 26.7 Å². The summed E-state index contributed by atoms with van der Waals surface area (Å²) < 4.78 is 6.77. The molecule has 0 radical (unpaired) electrons. The Morgan fingerprint density at radius 2 is 1.53 bits per heavy atom. The van der Waals surface area contributed by atoms with E-state index in [0.29, 0.717) is 27.9 Å². The Morgan fingerprint density at radius 1 is 0.861 bits per heavy atom. The lowest BCUT2D eigenvalue weighted by molar-refractivity contribution is 0.415. The van der Waals surface area contributed by atoms with E-state index in [1.54, 1.807) is 13.3 Å². The first-order valence-electron chi connectivity index (χ1n) is 11.3. The molecule has 3 aromatic heterocycles. The normalized spacial score (nSPS) is 11.0. The molecule has 0 spiro atoms. The van der Waals surface area contributed by atoms with Gasteiger partial charge in [0.05, 0.1) is 18.2 Å². The van der Waals surface area contributed by atoms with Crippen LogP contribution in [0.1, 0.15) is 0 Å². The highest BCUT2D eigenvalue weighted by atomic mass is 32.1. The zero-order chi connectivity index (χ0) is 24.5. The van der Waals surface area contributed by atoms with E-state index in [9.17, 15) is 4.79 Å². The van der Waals surface area contributed by atoms with Crippen LogP contribution in [-0.2, 0) is 0 Å². The lowest BCUT2D eigenvalue weighted by atomic mass is 10.0. The number of hydrogen-bond donors (Lipinski definition) is 2. The number of aromatic amines is 1. The van der Waals surface area contributed by atoms with Gasteiger partial charge < -0.3 is 15.0 Å². The molecule has 2 N–H and O–H groups in total. The summed E-state index contributed by atoms with van der Waals surface area (Å²) >= 11 is 1.45. The quantitative estimate of drug-likeness (QED) is 0.288. The molecule has 6 rings (SSSR count). The minimum absolute atomic E-state index is 0.243. The van der Waals surface area contributed by atoms with Gasteiger partial charge >= 0.3 is 0 Å². The Morgan fingerprint density at radius 3 is 2.17 bits per heavy atom. The number of methoxy groups -OCH3 is 1. The van der Waals surface area contributed by atoms with Crippen LogP contribution in [0.3, 0.4) is 0 Å². The van der Waals surface area contributed by atoms with Crippen molar-refractivity contribution in [3.05, 3.63) is 107 Å². The van der Waals surface area contributed by atoms with E-state index in [1.807, 2.05) is 90.3 Å². The molecular formula is C28H21N5O2S. The van der Waals surface area contributed by atoms with Gasteiger partial charge in [0, 0.05) is 17.1 Å². The minimum Gasteiger partial charge on any atom is -0.497 e. The summed E-state index contributed by atoms with van der Waals surface area (Å²) in [4.78, 5) is 21.9. The molecule has 36 heavy (non-hydrogen) atoms. The van der Waals surface area contributed by atoms with E-state index >= 15 is 0 Å². The van der Waals surface area contributed by atoms with Gasteiger partial charge in [-0.2, -0.15) is 9.61 Å². The van der Waals surface area contributed by atoms with E-state index in [2.05, 4.69) is 15.3 Å². The van der Waals surface area contributed by atoms with Crippen molar-refractivity contribution in [2.75, 3.05) is 12.4 Å². The Labute approximate surface area is 210 Å². The average Bonchev–Trinajstić information content (AvgIpc) is 3.58. The molecule has 0 atom stereocenters. The molecule has 8 heteroatoms. The van der Waals surface area contributed by atoms with Crippen LogP contribution in [0.2, 0.25) is 0 Å². The third-order valence-corrected chi connectivity index (χ3v) is 6.63. The summed E-state index contributed by atoms with van der Waals surface area (Å²) in [5, 5.41) is 10.7. The summed E-state index contributed by atoms with van der Waals surface area (Å²) in [5.74, 6) is 1.26. The smallest absolute Gasteiger partial charge is 0.284 e. The second-order valence-electron chi connectivity index (χ2n) is 8.09. The number of thiazole rings is 1. The highest BCUT2D eigenvalue weighted by Crippen LogP contribution is 2.36. The Bertz CT molecular complexity index is 1690. The van der Waals surface area contributed by atoms with Gasteiger partial charge in [0.15, 0.2) is 5.13 Å². The summed E-state index contributed by atoms with van der Waals surface area (Å²) in [5.41, 5.74) is 5.00. The van der Waals surface area contributed by atoms with Gasteiger partial charge in [-0.3, -0.25) is 4.79 Å². The SMILES string of the molecule is COc1ccc(-c2c(Nc3nccs3)[nH]c3c(-c4ccccc4)c(-c4ccccc4)nn3c2=O)cc1. The Kier molecular flexibility index (Phi) is 5.55. The van der Waals surface area contributed by atoms with Crippen molar-refractivity contribution >= 4 is 27.9 Å². The molecule has 0 unspecified atom stereocenters. The van der Waals surface area contributed by atoms with Crippen LogP contribution in [0.15, 0.2) is 101 Å². The number of ether oxygens (including phenoxy) is 1. The third kappa shape index (κ3) is 3.83. The minimum atomic E-state index is -0.243. The molecule has 0 aliphatic heterocycles. The fourth-order valence-corrected chi connectivity index (χ4v) is 4.80. The van der Waals surface area contributed by atoms with Gasteiger partial charge in [-0.05, 0) is 23.3 Å². The van der Waals surface area contributed by atoms with Gasteiger partial charge in [0.1, 0.15) is 22.9 Å². The number of nitrogens with zero attached hydrogens (tertiary/aromatic N) is 3. The maximum Gasteiger partial charge on any atom is 0.284 e. The summed E-state index contributed by atoms with van der Waals surface area (Å²) in [7, 11) is 1.61. The highest BCUT2D eigenvalue weighted by molar-refractivity contribution is 7.13. The van der Waals surface area contributed by atoms with Gasteiger partial charge in [0.25, 0.3) is 5.56 Å². The van der Waals surface area contributed by atoms with E-state index in [0.717, 1.165) is 27.9 Å². The standard InChI is InChI=1S/C28H21N5O2S/c1-35-21-14-12-19(13-15-21)23-25(31-28-29-16-17-36-28)30-26-22(18-8-4-2-5-9-18)24(32-33(26)27(23)34)20-10-6-3-7-11-20/h2-17,30H,1H3,(H,29,31). The number of fused-ring (bicyclic) bond motifs is 1. The van der Waals surface area contributed by atoms with Crippen LogP contribution in [0.25, 0.3) is 39.2 Å². The Balaban J connectivity index is 1.67. The van der Waals surface area contributed by atoms with Gasteiger partial charge in [0.2, 0.25) is 0 Å². The van der Waals surface area contributed by atoms with Crippen LogP contribution in [0.5, 0.6) is 5.75 Å². The maximum absolute atomic E-state index is 14.1. The first-order chi connectivity index (χ1) is 17.7. The van der Waals surface area contributed by atoms with E-state index in [-0.39, 0.29) is 5.56 Å². The van der Waals surface area contributed by atoms with E-state index in [1.165, 1.54) is 15.9 Å². The van der Waals surface area contributed by atoms with E-state index < -0.39 is 0 Å². The van der Waals surface area contributed by atoms with Crippen molar-refractivity contribution in [1.82, 2.24) is 19.6 Å². The zero-order valence-corrected chi connectivity index (χ0v) is 20.1. The molecule has 3 aromatic carbocycles. The second kappa shape index (κ2) is 9.16. The molecule has 6 aromatic rings. The van der Waals surface area contributed by atoms with Gasteiger partial charge in [-0.15, -0.1) is 11.3 Å². The molecular weight excluding hydrogens is 470 g/mol. The number of benzene rings is 3. The zero-order valence-electron chi connectivity index (χ0n) is 19.3. The Hall–Kier alpha value is -4.69. The third-order valence-electron chi connectivity index (χ3n) is 5.94. The van der Waals surface area contributed by atoms with Gasteiger partial charge in [-0.25, -0.2) is 4.98 Å². The molecule has 3 heterocycles. The molecule has 0 aliphatic carbocycles. The van der Waals surface area contributed by atoms with Crippen molar-refractivity contribution < 1.29 is 4.74 Å². The lowest BCUT2D eigenvalue weighted by Crippen LogP contribution is -2.19. The lowest BCUT2D eigenvalue weighted by Gasteiger charge is -2.12. The molecule has 0 saturated carbocycles. The van der Waals surface area contributed by atoms with Crippen LogP contribution >= 0.6 is 11.3 Å². The summed E-state index contributed by atoms with van der Waals surface area (Å²) in [6.45, 7) is 0. The van der Waals surface area contributed by atoms with Crippen molar-refractivity contribution in [1.29, 1.82) is 0 Å². The highest BCUT2D eigenvalue weighted by Gasteiger charge is 2.23. The number of anilines is 2. The van der Waals surface area contributed by atoms with Crippen LogP contribution in [0.4, 0.5) is 10.9 Å². The predicted molar refractivity (Wildman–Crippen MR) is 144 cm³/mol. The van der Waals surface area contributed by atoms with Crippen molar-refractivity contribution in [2.45, 2.75) is 0 Å². The first-order valence-corrected chi connectivity index (χ1v) is 12.2. The number of nitrogens with one attached hydrogen (secondary N) is 2. The second-order valence-corrected chi connectivity index (χ2v) is 8.98. The van der Waals surface area contributed by atoms with E-state index in [4.69, 9.17) is 9.84 Å². The monoisotopic (exact) mass is 491 g/mol. The maximum atomic E-state index is 14.1. The largest absolute Gasteiger partial charge is 0.497 e. The number of hydrogen-bond acceptors (Lipinski definition) is 6. The molecule has 7 nitrogen and oxygen atoms in total. The molecule has 176 valence electrons. The average molecular weight is 492 g/mol. The summed E-state index contributed by atoms with van der Waals surface area (Å²) in [6.07, 6.45) is 1.72. The number of aromatic nitrogens is 4. The molecule has 0 bridgehead atoms. The number of H-pyrrole nitrogens is 1. The molecule has 0 fully saturated rings. The molecule has 0 aliphatic rings. The topological polar surface area (TPSA) is 84.3 Å². The fourth-order valence-electron chi connectivity index (χ4n) is 4.26. The van der Waals surface area contributed by atoms with Crippen LogP contribution < -0.4 is 15.6 Å². The first kappa shape index (κ1) is 21.8. The van der Waals surface area contributed by atoms with Crippen molar-refractivity contribution in [2.24, 2.45) is 0 Å². The van der Waals surface area contributed by atoms with Crippen molar-refractivity contribution in [3.63, 3.8) is 0 Å². The van der Waals surface area contributed by atoms with Crippen molar-refractivity contribution in [3.8, 4) is 39.3 Å². The molecule has 0 saturated heterocycles. The number of rotatable bonds is 6. The summed E-state index contributed by atoms with van der Waals surface area (Å²) in [6, 6.07) is 27.3.